The zero-order valence-electron chi connectivity index (χ0n) is 17.7. The summed E-state index contributed by atoms with van der Waals surface area (Å²) in [6, 6.07) is 0. The molecule has 0 aromatic carbocycles. The fourth-order valence-electron chi connectivity index (χ4n) is 8.26. The Kier molecular flexibility index (Phi) is 4.74. The van der Waals surface area contributed by atoms with E-state index in [4.69, 9.17) is 9.47 Å². The van der Waals surface area contributed by atoms with E-state index in [1.807, 2.05) is 0 Å². The summed E-state index contributed by atoms with van der Waals surface area (Å²) < 4.78 is 12.1. The molecule has 7 atom stereocenters. The molecule has 1 aliphatic heterocycles. The van der Waals surface area contributed by atoms with Crippen molar-refractivity contribution in [1.82, 2.24) is 0 Å². The summed E-state index contributed by atoms with van der Waals surface area (Å²) in [6.45, 7) is 6.61. The first-order valence-electron chi connectivity index (χ1n) is 11.7. The molecule has 0 bridgehead atoms. The summed E-state index contributed by atoms with van der Waals surface area (Å²) in [5.41, 5.74) is 1.91. The van der Waals surface area contributed by atoms with E-state index in [0.717, 1.165) is 64.6 Å². The quantitative estimate of drug-likeness (QED) is 0.714. The van der Waals surface area contributed by atoms with Gasteiger partial charge in [-0.15, -0.1) is 0 Å². The second kappa shape index (κ2) is 6.80. The molecule has 0 aromatic heterocycles. The Bertz CT molecular complexity index is 639. The number of ether oxygens (including phenoxy) is 2. The van der Waals surface area contributed by atoms with Crippen LogP contribution in [0.15, 0.2) is 11.6 Å². The number of aliphatic hydroxyl groups is 2. The summed E-state index contributed by atoms with van der Waals surface area (Å²) >= 11 is 0. The minimum atomic E-state index is -0.339. The Morgan fingerprint density at radius 2 is 1.93 bits per heavy atom. The third kappa shape index (κ3) is 2.71. The molecule has 0 aromatic rings. The van der Waals surface area contributed by atoms with Crippen LogP contribution in [-0.4, -0.2) is 41.9 Å². The maximum atomic E-state index is 11.0. The predicted octanol–water partition coefficient (Wildman–Crippen LogP) is 4.05. The van der Waals surface area contributed by atoms with Crippen LogP contribution in [0.4, 0.5) is 0 Å². The molecule has 1 saturated heterocycles. The third-order valence-electron chi connectivity index (χ3n) is 9.75. The van der Waals surface area contributed by atoms with Crippen LogP contribution < -0.4 is 0 Å². The highest BCUT2D eigenvalue weighted by molar-refractivity contribution is 5.27. The zero-order valence-corrected chi connectivity index (χ0v) is 17.7. The van der Waals surface area contributed by atoms with E-state index in [-0.39, 0.29) is 29.3 Å². The van der Waals surface area contributed by atoms with Gasteiger partial charge in [0.05, 0.1) is 19.3 Å². The third-order valence-corrected chi connectivity index (χ3v) is 9.75. The minimum absolute atomic E-state index is 0.0660. The van der Waals surface area contributed by atoms with E-state index >= 15 is 0 Å². The molecule has 1 heterocycles. The van der Waals surface area contributed by atoms with Gasteiger partial charge in [0.25, 0.3) is 0 Å². The maximum Gasteiger partial charge on any atom is 0.172 e. The summed E-state index contributed by atoms with van der Waals surface area (Å²) in [6.07, 6.45) is 11.9. The van der Waals surface area contributed by atoms with Crippen molar-refractivity contribution >= 4 is 0 Å². The number of hydrogen-bond acceptors (Lipinski definition) is 4. The van der Waals surface area contributed by atoms with Crippen molar-refractivity contribution in [1.29, 1.82) is 0 Å². The second-order valence-electron chi connectivity index (χ2n) is 10.9. The van der Waals surface area contributed by atoms with Crippen molar-refractivity contribution in [2.24, 2.45) is 34.5 Å². The first-order valence-corrected chi connectivity index (χ1v) is 11.7. The Balaban J connectivity index is 1.44. The average Bonchev–Trinajstić information content (AvgIpc) is 3.23. The van der Waals surface area contributed by atoms with Crippen molar-refractivity contribution in [2.75, 3.05) is 19.8 Å². The van der Waals surface area contributed by atoms with E-state index in [9.17, 15) is 10.2 Å². The average molecular weight is 391 g/mol. The number of hydrogen-bond donors (Lipinski definition) is 2. The topological polar surface area (TPSA) is 58.9 Å². The molecule has 4 aliphatic carbocycles. The van der Waals surface area contributed by atoms with Gasteiger partial charge in [-0.05, 0) is 79.4 Å². The predicted molar refractivity (Wildman–Crippen MR) is 108 cm³/mol. The number of allylic oxidation sites excluding steroid dienone is 1. The Labute approximate surface area is 169 Å². The van der Waals surface area contributed by atoms with Gasteiger partial charge in [-0.1, -0.05) is 25.5 Å². The van der Waals surface area contributed by atoms with Crippen molar-refractivity contribution in [3.8, 4) is 0 Å². The number of rotatable bonds is 3. The Hall–Kier alpha value is -0.420. The smallest absolute Gasteiger partial charge is 0.172 e. The molecule has 0 unspecified atom stereocenters. The minimum Gasteiger partial charge on any atom is -0.396 e. The van der Waals surface area contributed by atoms with E-state index in [2.05, 4.69) is 19.9 Å². The Morgan fingerprint density at radius 1 is 1.14 bits per heavy atom. The molecule has 5 aliphatic rings. The van der Waals surface area contributed by atoms with Crippen molar-refractivity contribution in [3.05, 3.63) is 11.6 Å². The molecule has 2 N–H and O–H groups in total. The van der Waals surface area contributed by atoms with Crippen LogP contribution >= 0.6 is 0 Å². The number of fused-ring (bicyclic) bond motifs is 5. The molecular formula is C24H38O4. The summed E-state index contributed by atoms with van der Waals surface area (Å²) in [5.74, 6) is 2.21. The lowest BCUT2D eigenvalue weighted by Gasteiger charge is -2.59. The summed E-state index contributed by atoms with van der Waals surface area (Å²) in [5, 5.41) is 20.4. The van der Waals surface area contributed by atoms with Crippen LogP contribution in [0, 0.1) is 34.5 Å². The fraction of sp³-hybridized carbons (Fsp3) is 0.917. The molecule has 1 spiro atoms. The molecule has 158 valence electrons. The SMILES string of the molecule is C[C@]12CC[C@H]3[C@@H](CC=C4CC5(CC[C@@]43C)OCCO5)[C@@H]1[C@@H](CCCO)C[C@@H]2O. The molecule has 4 nitrogen and oxygen atoms in total. The van der Waals surface area contributed by atoms with Gasteiger partial charge in [-0.3, -0.25) is 0 Å². The van der Waals surface area contributed by atoms with Gasteiger partial charge in [0.1, 0.15) is 0 Å². The first-order chi connectivity index (χ1) is 13.4. The van der Waals surface area contributed by atoms with E-state index < -0.39 is 0 Å². The Morgan fingerprint density at radius 3 is 2.68 bits per heavy atom. The lowest BCUT2D eigenvalue weighted by molar-refractivity contribution is -0.186. The number of aliphatic hydroxyl groups excluding tert-OH is 2. The largest absolute Gasteiger partial charge is 0.396 e. The highest BCUT2D eigenvalue weighted by Gasteiger charge is 2.62. The normalized spacial score (nSPS) is 49.4. The molecule has 0 radical (unpaired) electrons. The first kappa shape index (κ1) is 19.5. The van der Waals surface area contributed by atoms with Gasteiger partial charge >= 0.3 is 0 Å². The van der Waals surface area contributed by atoms with Crippen LogP contribution in [0.1, 0.15) is 71.6 Å². The standard InChI is InChI=1S/C24H38O4/c1-22-9-10-24(27-12-13-28-24)15-17(22)5-6-18-19(22)7-8-23(2)20(26)14-16(21(18)23)4-3-11-25/h5,16,18-21,25-26H,3-4,6-15H2,1-2H3/t16-,18+,19-,20-,21-,22-,23+/m0/s1. The van der Waals surface area contributed by atoms with Gasteiger partial charge in [0, 0.05) is 19.4 Å². The highest BCUT2D eigenvalue weighted by atomic mass is 16.7. The fourth-order valence-corrected chi connectivity index (χ4v) is 8.26. The zero-order chi connectivity index (χ0) is 19.6. The van der Waals surface area contributed by atoms with Gasteiger partial charge in [0.15, 0.2) is 5.79 Å². The van der Waals surface area contributed by atoms with E-state index in [0.29, 0.717) is 23.7 Å². The van der Waals surface area contributed by atoms with Crippen molar-refractivity contribution < 1.29 is 19.7 Å². The van der Waals surface area contributed by atoms with Gasteiger partial charge in [0.2, 0.25) is 0 Å². The molecule has 4 fully saturated rings. The molecule has 5 rings (SSSR count). The van der Waals surface area contributed by atoms with Gasteiger partial charge in [-0.2, -0.15) is 0 Å². The summed E-state index contributed by atoms with van der Waals surface area (Å²) in [4.78, 5) is 0. The lowest BCUT2D eigenvalue weighted by atomic mass is 9.47. The van der Waals surface area contributed by atoms with Crippen molar-refractivity contribution in [3.63, 3.8) is 0 Å². The van der Waals surface area contributed by atoms with Crippen LogP contribution in [0.25, 0.3) is 0 Å². The van der Waals surface area contributed by atoms with Crippen LogP contribution in [0.3, 0.4) is 0 Å². The monoisotopic (exact) mass is 390 g/mol. The highest BCUT2D eigenvalue weighted by Crippen LogP contribution is 2.67. The molecule has 0 amide bonds. The van der Waals surface area contributed by atoms with Crippen LogP contribution in [0.5, 0.6) is 0 Å². The molecule has 3 saturated carbocycles. The molecule has 28 heavy (non-hydrogen) atoms. The maximum absolute atomic E-state index is 11.0. The summed E-state index contributed by atoms with van der Waals surface area (Å²) in [7, 11) is 0. The van der Waals surface area contributed by atoms with Crippen molar-refractivity contribution in [2.45, 2.75) is 83.5 Å². The molecule has 4 heteroatoms. The van der Waals surface area contributed by atoms with E-state index in [1.165, 1.54) is 6.42 Å². The van der Waals surface area contributed by atoms with E-state index in [1.54, 1.807) is 5.57 Å². The van der Waals surface area contributed by atoms with Crippen LogP contribution in [-0.2, 0) is 9.47 Å². The van der Waals surface area contributed by atoms with Crippen LogP contribution in [0.2, 0.25) is 0 Å². The van der Waals surface area contributed by atoms with Gasteiger partial charge < -0.3 is 19.7 Å². The van der Waals surface area contributed by atoms with Gasteiger partial charge in [-0.25, -0.2) is 0 Å². The molecular weight excluding hydrogens is 352 g/mol. The lowest BCUT2D eigenvalue weighted by Crippen LogP contribution is -2.53. The second-order valence-corrected chi connectivity index (χ2v) is 10.9.